The van der Waals surface area contributed by atoms with Gasteiger partial charge in [-0.1, -0.05) is 56.3 Å². The van der Waals surface area contributed by atoms with E-state index in [4.69, 9.17) is 9.15 Å². The van der Waals surface area contributed by atoms with Crippen molar-refractivity contribution in [3.63, 3.8) is 0 Å². The molecule has 6 heteroatoms. The Labute approximate surface area is 209 Å². The summed E-state index contributed by atoms with van der Waals surface area (Å²) >= 11 is 0. The lowest BCUT2D eigenvalue weighted by atomic mass is 9.98. The highest BCUT2D eigenvalue weighted by Gasteiger charge is 2.42. The molecule has 0 radical (unpaired) electrons. The molecule has 0 bridgehead atoms. The van der Waals surface area contributed by atoms with Crippen LogP contribution in [0.2, 0.25) is 0 Å². The number of halogens is 1. The molecule has 1 amide bonds. The summed E-state index contributed by atoms with van der Waals surface area (Å²) in [5.74, 6) is 0.327. The van der Waals surface area contributed by atoms with E-state index < -0.39 is 17.3 Å². The predicted molar refractivity (Wildman–Crippen MR) is 137 cm³/mol. The number of carbonyl (C=O) groups excluding carboxylic acids is 1. The van der Waals surface area contributed by atoms with Crippen molar-refractivity contribution in [2.24, 2.45) is 5.92 Å². The van der Waals surface area contributed by atoms with Gasteiger partial charge in [0.15, 0.2) is 5.43 Å². The number of amides is 1. The molecule has 1 aliphatic heterocycles. The van der Waals surface area contributed by atoms with Crippen molar-refractivity contribution < 1.29 is 18.3 Å². The fourth-order valence-electron chi connectivity index (χ4n) is 4.65. The zero-order chi connectivity index (χ0) is 25.2. The third-order valence-corrected chi connectivity index (χ3v) is 6.55. The summed E-state index contributed by atoms with van der Waals surface area (Å²) in [5.41, 5.74) is 1.88. The summed E-state index contributed by atoms with van der Waals surface area (Å²) in [6.45, 7) is 5.24. The molecule has 1 atom stereocenters. The first-order valence-corrected chi connectivity index (χ1v) is 12.3. The Hall–Kier alpha value is -3.93. The van der Waals surface area contributed by atoms with E-state index in [0.717, 1.165) is 17.5 Å². The molecule has 0 N–H and O–H groups in total. The molecule has 1 aromatic heterocycles. The monoisotopic (exact) mass is 485 g/mol. The lowest BCUT2D eigenvalue weighted by molar-refractivity contribution is 0.0729. The minimum absolute atomic E-state index is 0.0169. The van der Waals surface area contributed by atoms with Gasteiger partial charge >= 0.3 is 0 Å². The van der Waals surface area contributed by atoms with Crippen LogP contribution in [-0.2, 0) is 6.42 Å². The van der Waals surface area contributed by atoms with Gasteiger partial charge in [-0.15, -0.1) is 0 Å². The maximum absolute atomic E-state index is 14.0. The van der Waals surface area contributed by atoms with Crippen molar-refractivity contribution in [3.8, 4) is 5.75 Å². The van der Waals surface area contributed by atoms with E-state index in [1.54, 1.807) is 4.90 Å². The van der Waals surface area contributed by atoms with E-state index in [-0.39, 0.29) is 28.2 Å². The molecular formula is C30H28FNO4. The predicted octanol–water partition coefficient (Wildman–Crippen LogP) is 6.14. The molecule has 4 aromatic rings. The summed E-state index contributed by atoms with van der Waals surface area (Å²) in [5, 5.41) is 0.126. The second-order valence-electron chi connectivity index (χ2n) is 9.55. The number of hydrogen-bond donors (Lipinski definition) is 0. The lowest BCUT2D eigenvalue weighted by Crippen LogP contribution is -2.31. The van der Waals surface area contributed by atoms with Crippen molar-refractivity contribution >= 4 is 16.9 Å². The summed E-state index contributed by atoms with van der Waals surface area (Å²) in [7, 11) is 0. The molecule has 36 heavy (non-hydrogen) atoms. The standard InChI is InChI=1S/C30H28FNO4/c1-19(2)14-16-35-23-10-6-9-21(17-23)27-26-28(33)24-18-22(31)11-12-25(24)36-29(26)30(34)32(27)15-13-20-7-4-3-5-8-20/h3-12,17-19,27H,13-16H2,1-2H3. The van der Waals surface area contributed by atoms with E-state index in [0.29, 0.717) is 31.2 Å². The minimum atomic E-state index is -0.659. The Kier molecular flexibility index (Phi) is 6.59. The topological polar surface area (TPSA) is 59.8 Å². The van der Waals surface area contributed by atoms with Gasteiger partial charge < -0.3 is 14.1 Å². The van der Waals surface area contributed by atoms with Gasteiger partial charge in [-0.2, -0.15) is 0 Å². The third kappa shape index (κ3) is 4.63. The highest BCUT2D eigenvalue weighted by molar-refractivity contribution is 5.99. The molecule has 0 aliphatic carbocycles. The first-order valence-electron chi connectivity index (χ1n) is 12.3. The fourth-order valence-corrected chi connectivity index (χ4v) is 4.65. The number of fused-ring (bicyclic) bond motifs is 2. The number of ether oxygens (including phenoxy) is 1. The van der Waals surface area contributed by atoms with Crippen LogP contribution >= 0.6 is 0 Å². The number of rotatable bonds is 8. The van der Waals surface area contributed by atoms with Crippen molar-refractivity contribution in [1.29, 1.82) is 0 Å². The van der Waals surface area contributed by atoms with E-state index in [9.17, 15) is 14.0 Å². The lowest BCUT2D eigenvalue weighted by Gasteiger charge is -2.25. The van der Waals surface area contributed by atoms with Crippen LogP contribution in [0.1, 0.15) is 53.6 Å². The van der Waals surface area contributed by atoms with Gasteiger partial charge in [0.25, 0.3) is 5.91 Å². The van der Waals surface area contributed by atoms with Gasteiger partial charge in [-0.05, 0) is 60.2 Å². The molecular weight excluding hydrogens is 457 g/mol. The summed E-state index contributed by atoms with van der Waals surface area (Å²) in [6.07, 6.45) is 1.53. The molecule has 0 fully saturated rings. The molecule has 0 saturated carbocycles. The molecule has 0 saturated heterocycles. The van der Waals surface area contributed by atoms with Crippen LogP contribution in [0, 0.1) is 11.7 Å². The first kappa shape index (κ1) is 23.8. The third-order valence-electron chi connectivity index (χ3n) is 6.55. The quantitative estimate of drug-likeness (QED) is 0.301. The number of nitrogens with zero attached hydrogens (tertiary/aromatic N) is 1. The molecule has 5 rings (SSSR count). The Bertz CT molecular complexity index is 1460. The van der Waals surface area contributed by atoms with E-state index >= 15 is 0 Å². The highest BCUT2D eigenvalue weighted by Crippen LogP contribution is 2.39. The smallest absolute Gasteiger partial charge is 0.290 e. The number of carbonyl (C=O) groups is 1. The van der Waals surface area contributed by atoms with E-state index in [2.05, 4.69) is 13.8 Å². The van der Waals surface area contributed by atoms with Gasteiger partial charge in [-0.3, -0.25) is 9.59 Å². The highest BCUT2D eigenvalue weighted by atomic mass is 19.1. The van der Waals surface area contributed by atoms with Crippen molar-refractivity contribution in [1.82, 2.24) is 4.90 Å². The minimum Gasteiger partial charge on any atom is -0.494 e. The SMILES string of the molecule is CC(C)CCOc1cccc(C2c3c(oc4ccc(F)cc4c3=O)C(=O)N2CCc2ccccc2)c1. The Morgan fingerprint density at radius 1 is 1.00 bits per heavy atom. The van der Waals surface area contributed by atoms with Gasteiger partial charge in [0.05, 0.1) is 23.6 Å². The molecule has 0 spiro atoms. The summed E-state index contributed by atoms with van der Waals surface area (Å²) in [6, 6.07) is 20.5. The van der Waals surface area contributed by atoms with Crippen LogP contribution < -0.4 is 10.2 Å². The number of hydrogen-bond acceptors (Lipinski definition) is 4. The molecule has 184 valence electrons. The first-order chi connectivity index (χ1) is 17.4. The van der Waals surface area contributed by atoms with Gasteiger partial charge in [0, 0.05) is 6.54 Å². The van der Waals surface area contributed by atoms with Crippen molar-refractivity contribution in [3.05, 3.63) is 111 Å². The van der Waals surface area contributed by atoms with Crippen LogP contribution in [-0.4, -0.2) is 24.0 Å². The van der Waals surface area contributed by atoms with Crippen molar-refractivity contribution in [2.75, 3.05) is 13.2 Å². The molecule has 5 nitrogen and oxygen atoms in total. The van der Waals surface area contributed by atoms with Crippen LogP contribution in [0.25, 0.3) is 11.0 Å². The second-order valence-corrected chi connectivity index (χ2v) is 9.55. The maximum Gasteiger partial charge on any atom is 0.290 e. The Morgan fingerprint density at radius 3 is 2.58 bits per heavy atom. The normalized spacial score (nSPS) is 15.1. The van der Waals surface area contributed by atoms with Gasteiger partial charge in [0.1, 0.15) is 17.1 Å². The molecule has 2 heterocycles. The molecule has 1 aliphatic rings. The zero-order valence-electron chi connectivity index (χ0n) is 20.4. The van der Waals surface area contributed by atoms with E-state index in [1.807, 2.05) is 54.6 Å². The number of benzene rings is 3. The maximum atomic E-state index is 14.0. The summed E-state index contributed by atoms with van der Waals surface area (Å²) < 4.78 is 25.9. The zero-order valence-corrected chi connectivity index (χ0v) is 20.4. The fraction of sp³-hybridized carbons (Fsp3) is 0.267. The Morgan fingerprint density at radius 2 is 1.81 bits per heavy atom. The Balaban J connectivity index is 1.58. The average Bonchev–Trinajstić information content (AvgIpc) is 3.15. The molecule has 1 unspecified atom stereocenters. The molecule has 3 aromatic carbocycles. The van der Waals surface area contributed by atoms with Gasteiger partial charge in [0.2, 0.25) is 5.76 Å². The largest absolute Gasteiger partial charge is 0.494 e. The van der Waals surface area contributed by atoms with Crippen LogP contribution in [0.3, 0.4) is 0 Å². The second kappa shape index (κ2) is 9.97. The van der Waals surface area contributed by atoms with Crippen LogP contribution in [0.5, 0.6) is 5.75 Å². The van der Waals surface area contributed by atoms with Gasteiger partial charge in [-0.25, -0.2) is 4.39 Å². The van der Waals surface area contributed by atoms with Crippen LogP contribution in [0.4, 0.5) is 4.39 Å². The average molecular weight is 486 g/mol. The van der Waals surface area contributed by atoms with Crippen molar-refractivity contribution in [2.45, 2.75) is 32.7 Å². The van der Waals surface area contributed by atoms with E-state index in [1.165, 1.54) is 18.2 Å². The van der Waals surface area contributed by atoms with Crippen LogP contribution in [0.15, 0.2) is 82.0 Å². The summed E-state index contributed by atoms with van der Waals surface area (Å²) in [4.78, 5) is 28.9.